The number of hydrogen-bond donors (Lipinski definition) is 1. The minimum absolute atomic E-state index is 0.158. The van der Waals surface area contributed by atoms with Crippen molar-refractivity contribution in [3.05, 3.63) is 125 Å². The molecule has 0 unspecified atom stereocenters. The third-order valence-electron chi connectivity index (χ3n) is 6.34. The third kappa shape index (κ3) is 3.95. The summed E-state index contributed by atoms with van der Waals surface area (Å²) in [5, 5.41) is 2.34. The number of anilines is 1. The molecule has 0 radical (unpaired) electrons. The minimum Gasteiger partial charge on any atom is -0.369 e. The summed E-state index contributed by atoms with van der Waals surface area (Å²) in [5.74, 6) is 0.158. The van der Waals surface area contributed by atoms with E-state index >= 15 is 0 Å². The summed E-state index contributed by atoms with van der Waals surface area (Å²) in [6.07, 6.45) is 1.69. The van der Waals surface area contributed by atoms with E-state index in [0.717, 1.165) is 22.1 Å². The Balaban J connectivity index is 1.34. The zero-order valence-electron chi connectivity index (χ0n) is 19.0. The Morgan fingerprint density at radius 2 is 1.40 bits per heavy atom. The summed E-state index contributed by atoms with van der Waals surface area (Å²) < 4.78 is 3.65. The van der Waals surface area contributed by atoms with Crippen LogP contribution in [0.25, 0.3) is 33.1 Å². The normalized spacial score (nSPS) is 11.3. The summed E-state index contributed by atoms with van der Waals surface area (Å²) >= 11 is 0. The Hall–Kier alpha value is -4.71. The lowest BCUT2D eigenvalue weighted by Crippen LogP contribution is -2.20. The minimum atomic E-state index is -0.369. The number of hydrogen-bond acceptors (Lipinski definition) is 4. The van der Waals surface area contributed by atoms with E-state index < -0.39 is 0 Å². The fraction of sp³-hybridized carbons (Fsp3) is 0.0690. The molecule has 0 amide bonds. The van der Waals surface area contributed by atoms with Crippen molar-refractivity contribution in [2.24, 2.45) is 0 Å². The number of nitrogens with zero attached hydrogens (tertiary/aromatic N) is 4. The molecule has 0 aliphatic heterocycles. The second-order valence-electron chi connectivity index (χ2n) is 8.65. The molecule has 6 heteroatoms. The summed E-state index contributed by atoms with van der Waals surface area (Å²) in [6, 6.07) is 33.1. The molecule has 0 fully saturated rings. The fourth-order valence-electron chi connectivity index (χ4n) is 4.54. The fourth-order valence-corrected chi connectivity index (χ4v) is 4.54. The van der Waals surface area contributed by atoms with Crippen LogP contribution in [0.3, 0.4) is 0 Å². The van der Waals surface area contributed by atoms with Gasteiger partial charge in [-0.15, -0.1) is 0 Å². The van der Waals surface area contributed by atoms with E-state index in [1.165, 1.54) is 10.9 Å². The van der Waals surface area contributed by atoms with E-state index in [9.17, 15) is 4.79 Å². The van der Waals surface area contributed by atoms with Crippen LogP contribution < -0.4 is 11.3 Å². The summed E-state index contributed by atoms with van der Waals surface area (Å²) in [4.78, 5) is 21.5. The maximum Gasteiger partial charge on any atom is 0.300 e. The SMILES string of the molecule is Nc1nc(=O)c2c(ncn2Cc2ccc3ccccc3c2)n1Cc1ccc(-c2ccccc2)cc1. The second kappa shape index (κ2) is 8.57. The van der Waals surface area contributed by atoms with Crippen molar-refractivity contribution in [3.8, 4) is 11.1 Å². The lowest BCUT2D eigenvalue weighted by Gasteiger charge is -2.12. The van der Waals surface area contributed by atoms with Crippen molar-refractivity contribution < 1.29 is 0 Å². The highest BCUT2D eigenvalue weighted by Gasteiger charge is 2.15. The number of nitrogens with two attached hydrogens (primary N) is 1. The van der Waals surface area contributed by atoms with Gasteiger partial charge in [0.05, 0.1) is 12.9 Å². The number of benzene rings is 4. The number of nitrogen functional groups attached to an aromatic ring is 1. The lowest BCUT2D eigenvalue weighted by molar-refractivity contribution is 0.797. The van der Waals surface area contributed by atoms with E-state index in [1.54, 1.807) is 10.9 Å². The Bertz CT molecular complexity index is 1720. The molecule has 0 aliphatic rings. The number of fused-ring (bicyclic) bond motifs is 2. The molecule has 0 saturated heterocycles. The first-order valence-electron chi connectivity index (χ1n) is 11.5. The average Bonchev–Trinajstić information content (AvgIpc) is 3.31. The van der Waals surface area contributed by atoms with Gasteiger partial charge in [-0.25, -0.2) is 4.98 Å². The van der Waals surface area contributed by atoms with Gasteiger partial charge in [-0.1, -0.05) is 91.0 Å². The van der Waals surface area contributed by atoms with Gasteiger partial charge in [0.1, 0.15) is 0 Å². The second-order valence-corrected chi connectivity index (χ2v) is 8.65. The molecule has 170 valence electrons. The summed E-state index contributed by atoms with van der Waals surface area (Å²) in [5.41, 5.74) is 11.2. The highest BCUT2D eigenvalue weighted by Crippen LogP contribution is 2.22. The highest BCUT2D eigenvalue weighted by atomic mass is 16.1. The van der Waals surface area contributed by atoms with Crippen LogP contribution in [0.4, 0.5) is 5.95 Å². The van der Waals surface area contributed by atoms with Crippen LogP contribution in [-0.2, 0) is 13.1 Å². The molecule has 35 heavy (non-hydrogen) atoms. The summed E-state index contributed by atoms with van der Waals surface area (Å²) in [6.45, 7) is 0.992. The van der Waals surface area contributed by atoms with Crippen molar-refractivity contribution in [1.29, 1.82) is 0 Å². The van der Waals surface area contributed by atoms with Gasteiger partial charge >= 0.3 is 5.56 Å². The van der Waals surface area contributed by atoms with Gasteiger partial charge in [0.15, 0.2) is 11.2 Å². The van der Waals surface area contributed by atoms with E-state index in [1.807, 2.05) is 34.9 Å². The van der Waals surface area contributed by atoms with E-state index in [4.69, 9.17) is 5.73 Å². The van der Waals surface area contributed by atoms with Crippen LogP contribution in [0.15, 0.2) is 108 Å². The molecular weight excluding hydrogens is 434 g/mol. The van der Waals surface area contributed by atoms with E-state index in [2.05, 4.69) is 76.7 Å². The van der Waals surface area contributed by atoms with Gasteiger partial charge in [0, 0.05) is 6.54 Å². The zero-order valence-corrected chi connectivity index (χ0v) is 19.0. The van der Waals surface area contributed by atoms with Gasteiger partial charge in [-0.3, -0.25) is 9.36 Å². The molecule has 2 aromatic heterocycles. The topological polar surface area (TPSA) is 78.7 Å². The number of aromatic nitrogens is 4. The van der Waals surface area contributed by atoms with Crippen LogP contribution in [0.2, 0.25) is 0 Å². The number of imidazole rings is 1. The quantitative estimate of drug-likeness (QED) is 0.391. The molecular formula is C29H23N5O. The lowest BCUT2D eigenvalue weighted by atomic mass is 10.0. The molecule has 6 nitrogen and oxygen atoms in total. The Morgan fingerprint density at radius 3 is 2.20 bits per heavy atom. The van der Waals surface area contributed by atoms with E-state index in [-0.39, 0.29) is 11.5 Å². The molecule has 0 atom stereocenters. The van der Waals surface area contributed by atoms with Crippen molar-refractivity contribution >= 4 is 27.9 Å². The van der Waals surface area contributed by atoms with Crippen LogP contribution in [0.1, 0.15) is 11.1 Å². The van der Waals surface area contributed by atoms with Gasteiger partial charge in [-0.2, -0.15) is 4.98 Å². The first-order valence-corrected chi connectivity index (χ1v) is 11.5. The summed E-state index contributed by atoms with van der Waals surface area (Å²) in [7, 11) is 0. The third-order valence-corrected chi connectivity index (χ3v) is 6.34. The average molecular weight is 458 g/mol. The Morgan fingerprint density at radius 1 is 0.714 bits per heavy atom. The Kier molecular flexibility index (Phi) is 5.11. The van der Waals surface area contributed by atoms with Crippen LogP contribution in [-0.4, -0.2) is 19.1 Å². The predicted molar refractivity (Wildman–Crippen MR) is 140 cm³/mol. The van der Waals surface area contributed by atoms with Crippen LogP contribution in [0, 0.1) is 0 Å². The van der Waals surface area contributed by atoms with Crippen molar-refractivity contribution in [1.82, 2.24) is 19.1 Å². The monoisotopic (exact) mass is 457 g/mol. The largest absolute Gasteiger partial charge is 0.369 e. The van der Waals surface area contributed by atoms with Crippen molar-refractivity contribution in [3.63, 3.8) is 0 Å². The maximum absolute atomic E-state index is 12.8. The Labute approximate surface area is 201 Å². The van der Waals surface area contributed by atoms with Crippen LogP contribution in [0.5, 0.6) is 0 Å². The predicted octanol–water partition coefficient (Wildman–Crippen LogP) is 5.09. The van der Waals surface area contributed by atoms with Crippen molar-refractivity contribution in [2.45, 2.75) is 13.1 Å². The molecule has 0 bridgehead atoms. The van der Waals surface area contributed by atoms with Gasteiger partial charge in [-0.05, 0) is 39.1 Å². The first kappa shape index (κ1) is 20.9. The van der Waals surface area contributed by atoms with Gasteiger partial charge < -0.3 is 10.3 Å². The molecule has 0 saturated carbocycles. The van der Waals surface area contributed by atoms with Gasteiger partial charge in [0.2, 0.25) is 5.95 Å². The van der Waals surface area contributed by atoms with E-state index in [0.29, 0.717) is 24.3 Å². The standard InChI is InChI=1S/C29H23N5O/c30-29-32-28(35)26-27(31-19-33(26)17-21-12-15-23-8-4-5-9-25(23)16-21)34(29)18-20-10-13-24(14-11-20)22-6-2-1-3-7-22/h1-16,19H,17-18H2,(H2,30,32,35). The smallest absolute Gasteiger partial charge is 0.300 e. The van der Waals surface area contributed by atoms with Gasteiger partial charge in [0.25, 0.3) is 0 Å². The molecule has 0 aliphatic carbocycles. The molecule has 6 rings (SSSR count). The maximum atomic E-state index is 12.8. The van der Waals surface area contributed by atoms with Crippen LogP contribution >= 0.6 is 0 Å². The molecule has 2 N–H and O–H groups in total. The first-order chi connectivity index (χ1) is 17.2. The highest BCUT2D eigenvalue weighted by molar-refractivity contribution is 5.83. The molecule has 2 heterocycles. The van der Waals surface area contributed by atoms with Crippen molar-refractivity contribution in [2.75, 3.05) is 5.73 Å². The zero-order chi connectivity index (χ0) is 23.8. The molecule has 0 spiro atoms. The molecule has 4 aromatic carbocycles. The number of rotatable bonds is 5. The molecule has 6 aromatic rings.